The van der Waals surface area contributed by atoms with Crippen molar-refractivity contribution in [2.24, 2.45) is 17.4 Å². The van der Waals surface area contributed by atoms with Crippen LogP contribution in [0.25, 0.3) is 0 Å². The molecule has 74 valence electrons. The molecule has 3 heteroatoms. The lowest BCUT2D eigenvalue weighted by Crippen LogP contribution is -2.25. The summed E-state index contributed by atoms with van der Waals surface area (Å²) in [4.78, 5) is 0. The van der Waals surface area contributed by atoms with Gasteiger partial charge in [-0.1, -0.05) is 6.92 Å². The normalized spacial score (nSPS) is 18.8. The fourth-order valence-corrected chi connectivity index (χ4v) is 1.16. The third-order valence-electron chi connectivity index (χ3n) is 1.56. The molecule has 0 bridgehead atoms. The van der Waals surface area contributed by atoms with E-state index < -0.39 is 0 Å². The van der Waals surface area contributed by atoms with E-state index in [2.05, 4.69) is 6.92 Å². The van der Waals surface area contributed by atoms with E-state index in [4.69, 9.17) is 16.2 Å². The molecule has 0 fully saturated rings. The Morgan fingerprint density at radius 1 is 1.00 bits per heavy atom. The summed E-state index contributed by atoms with van der Waals surface area (Å²) in [6, 6.07) is 0.395. The first-order valence-electron chi connectivity index (χ1n) is 4.61. The number of rotatable bonds is 6. The summed E-state index contributed by atoms with van der Waals surface area (Å²) in [5.74, 6) is 0.531. The number of hydrogen-bond acceptors (Lipinski definition) is 3. The van der Waals surface area contributed by atoms with Gasteiger partial charge in [-0.05, 0) is 26.2 Å². The predicted molar refractivity (Wildman–Crippen MR) is 51.9 cm³/mol. The predicted octanol–water partition coefficient (Wildman–Crippen LogP) is 0.724. The summed E-state index contributed by atoms with van der Waals surface area (Å²) in [5.41, 5.74) is 11.2. The van der Waals surface area contributed by atoms with Crippen molar-refractivity contribution < 1.29 is 4.74 Å². The number of hydrogen-bond donors (Lipinski definition) is 2. The average Bonchev–Trinajstić information content (AvgIpc) is 1.84. The molecule has 0 saturated heterocycles. The second kappa shape index (κ2) is 6.40. The first-order valence-corrected chi connectivity index (χ1v) is 4.61. The molecule has 0 radical (unpaired) electrons. The van der Waals surface area contributed by atoms with Gasteiger partial charge in [0.25, 0.3) is 0 Å². The van der Waals surface area contributed by atoms with E-state index in [9.17, 15) is 0 Å². The zero-order chi connectivity index (χ0) is 9.56. The standard InChI is InChI=1S/C9H22N2O/c1-7(4-8(2)10)5-12-6-9(3)11/h7-9H,4-6,10-11H2,1-3H3. The highest BCUT2D eigenvalue weighted by atomic mass is 16.5. The second-order valence-electron chi connectivity index (χ2n) is 3.83. The van der Waals surface area contributed by atoms with Crippen LogP contribution < -0.4 is 11.5 Å². The molecule has 3 unspecified atom stereocenters. The van der Waals surface area contributed by atoms with Gasteiger partial charge in [0.05, 0.1) is 6.61 Å². The molecule has 0 aromatic heterocycles. The smallest absolute Gasteiger partial charge is 0.0614 e. The molecule has 0 aliphatic carbocycles. The summed E-state index contributed by atoms with van der Waals surface area (Å²) in [6.45, 7) is 7.51. The van der Waals surface area contributed by atoms with Crippen molar-refractivity contribution in [3.63, 3.8) is 0 Å². The molecule has 0 aliphatic heterocycles. The van der Waals surface area contributed by atoms with Gasteiger partial charge in [-0.2, -0.15) is 0 Å². The SMILES string of the molecule is CC(N)COCC(C)CC(C)N. The minimum absolute atomic E-state index is 0.132. The molecule has 3 atom stereocenters. The van der Waals surface area contributed by atoms with Crippen molar-refractivity contribution in [1.29, 1.82) is 0 Å². The van der Waals surface area contributed by atoms with Crippen molar-refractivity contribution in [2.75, 3.05) is 13.2 Å². The van der Waals surface area contributed by atoms with Gasteiger partial charge in [-0.3, -0.25) is 0 Å². The monoisotopic (exact) mass is 174 g/mol. The maximum absolute atomic E-state index is 5.64. The molecule has 3 nitrogen and oxygen atoms in total. The molecule has 0 amide bonds. The van der Waals surface area contributed by atoms with Crippen LogP contribution in [0.4, 0.5) is 0 Å². The van der Waals surface area contributed by atoms with Crippen LogP contribution in [-0.4, -0.2) is 25.3 Å². The summed E-state index contributed by atoms with van der Waals surface area (Å²) in [7, 11) is 0. The minimum atomic E-state index is 0.132. The van der Waals surface area contributed by atoms with E-state index in [0.29, 0.717) is 12.5 Å². The third-order valence-corrected chi connectivity index (χ3v) is 1.56. The quantitative estimate of drug-likeness (QED) is 0.624. The highest BCUT2D eigenvalue weighted by Gasteiger charge is 2.05. The molecule has 0 aromatic rings. The van der Waals surface area contributed by atoms with Gasteiger partial charge in [0.1, 0.15) is 0 Å². The Balaban J connectivity index is 3.25. The Kier molecular flexibility index (Phi) is 6.34. The molecule has 0 saturated carbocycles. The van der Waals surface area contributed by atoms with Crippen LogP contribution in [0.5, 0.6) is 0 Å². The first kappa shape index (κ1) is 11.9. The molecular formula is C9H22N2O. The topological polar surface area (TPSA) is 61.3 Å². The Labute approximate surface area is 75.5 Å². The van der Waals surface area contributed by atoms with Crippen LogP contribution in [0.3, 0.4) is 0 Å². The van der Waals surface area contributed by atoms with E-state index in [1.165, 1.54) is 0 Å². The Morgan fingerprint density at radius 3 is 2.00 bits per heavy atom. The molecule has 0 aromatic carbocycles. The average molecular weight is 174 g/mol. The lowest BCUT2D eigenvalue weighted by Gasteiger charge is -2.14. The van der Waals surface area contributed by atoms with Gasteiger partial charge in [0.2, 0.25) is 0 Å². The largest absolute Gasteiger partial charge is 0.380 e. The number of nitrogens with two attached hydrogens (primary N) is 2. The molecule has 0 rings (SSSR count). The van der Waals surface area contributed by atoms with E-state index in [0.717, 1.165) is 13.0 Å². The van der Waals surface area contributed by atoms with Gasteiger partial charge < -0.3 is 16.2 Å². The summed E-state index contributed by atoms with van der Waals surface area (Å²) in [5, 5.41) is 0. The zero-order valence-electron chi connectivity index (χ0n) is 8.42. The zero-order valence-corrected chi connectivity index (χ0v) is 8.42. The molecule has 0 aliphatic rings. The van der Waals surface area contributed by atoms with E-state index in [1.54, 1.807) is 0 Å². The van der Waals surface area contributed by atoms with Gasteiger partial charge in [0.15, 0.2) is 0 Å². The Morgan fingerprint density at radius 2 is 1.58 bits per heavy atom. The summed E-state index contributed by atoms with van der Waals surface area (Å²) >= 11 is 0. The van der Waals surface area contributed by atoms with Crippen molar-refractivity contribution in [3.8, 4) is 0 Å². The fourth-order valence-electron chi connectivity index (χ4n) is 1.16. The summed E-state index contributed by atoms with van der Waals surface area (Å²) < 4.78 is 5.38. The Hall–Kier alpha value is -0.120. The number of ether oxygens (including phenoxy) is 1. The first-order chi connectivity index (χ1) is 5.52. The lowest BCUT2D eigenvalue weighted by molar-refractivity contribution is 0.0925. The summed E-state index contributed by atoms with van der Waals surface area (Å²) in [6.07, 6.45) is 1.01. The van der Waals surface area contributed by atoms with Crippen molar-refractivity contribution in [3.05, 3.63) is 0 Å². The van der Waals surface area contributed by atoms with Crippen LogP contribution in [0.1, 0.15) is 27.2 Å². The van der Waals surface area contributed by atoms with Gasteiger partial charge in [0, 0.05) is 18.7 Å². The van der Waals surface area contributed by atoms with Crippen LogP contribution in [0, 0.1) is 5.92 Å². The van der Waals surface area contributed by atoms with E-state index in [1.807, 2.05) is 13.8 Å². The molecule has 12 heavy (non-hydrogen) atoms. The fraction of sp³-hybridized carbons (Fsp3) is 1.00. The van der Waals surface area contributed by atoms with E-state index in [-0.39, 0.29) is 12.1 Å². The highest BCUT2D eigenvalue weighted by Crippen LogP contribution is 2.04. The van der Waals surface area contributed by atoms with Crippen molar-refractivity contribution in [1.82, 2.24) is 0 Å². The van der Waals surface area contributed by atoms with Crippen LogP contribution in [-0.2, 0) is 4.74 Å². The van der Waals surface area contributed by atoms with Crippen LogP contribution in [0.15, 0.2) is 0 Å². The van der Waals surface area contributed by atoms with Crippen LogP contribution in [0.2, 0.25) is 0 Å². The highest BCUT2D eigenvalue weighted by molar-refractivity contribution is 4.60. The van der Waals surface area contributed by atoms with Crippen molar-refractivity contribution >= 4 is 0 Å². The van der Waals surface area contributed by atoms with Crippen LogP contribution >= 0.6 is 0 Å². The van der Waals surface area contributed by atoms with Gasteiger partial charge >= 0.3 is 0 Å². The lowest BCUT2D eigenvalue weighted by atomic mass is 10.0. The molecule has 0 spiro atoms. The third kappa shape index (κ3) is 7.98. The Bertz CT molecular complexity index is 105. The van der Waals surface area contributed by atoms with Gasteiger partial charge in [-0.25, -0.2) is 0 Å². The maximum atomic E-state index is 5.64. The van der Waals surface area contributed by atoms with Crippen molar-refractivity contribution in [2.45, 2.75) is 39.3 Å². The van der Waals surface area contributed by atoms with Gasteiger partial charge in [-0.15, -0.1) is 0 Å². The van der Waals surface area contributed by atoms with E-state index >= 15 is 0 Å². The molecule has 4 N–H and O–H groups in total. The molecular weight excluding hydrogens is 152 g/mol. The molecule has 0 heterocycles. The second-order valence-corrected chi connectivity index (χ2v) is 3.83. The maximum Gasteiger partial charge on any atom is 0.0614 e. The minimum Gasteiger partial charge on any atom is -0.380 e.